The van der Waals surface area contributed by atoms with Gasteiger partial charge in [0.25, 0.3) is 0 Å². The van der Waals surface area contributed by atoms with E-state index in [4.69, 9.17) is 11.6 Å². The molecule has 1 aliphatic rings. The molecule has 0 aliphatic carbocycles. The number of amides is 1. The van der Waals surface area contributed by atoms with Crippen molar-refractivity contribution in [3.05, 3.63) is 40.9 Å². The molecule has 7 nitrogen and oxygen atoms in total. The largest absolute Gasteiger partial charge is 0.351 e. The Bertz CT molecular complexity index is 713. The van der Waals surface area contributed by atoms with Gasteiger partial charge < -0.3 is 10.6 Å². The molecular formula is C15H18Cl2N6O. The molecule has 0 unspecified atom stereocenters. The Morgan fingerprint density at radius 3 is 2.83 bits per heavy atom. The highest BCUT2D eigenvalue weighted by Gasteiger charge is 2.10. The van der Waals surface area contributed by atoms with Crippen molar-refractivity contribution in [2.75, 3.05) is 19.6 Å². The van der Waals surface area contributed by atoms with E-state index in [-0.39, 0.29) is 24.9 Å². The zero-order valence-corrected chi connectivity index (χ0v) is 14.5. The van der Waals surface area contributed by atoms with Crippen LogP contribution in [0.4, 0.5) is 0 Å². The standard InChI is InChI=1S/C15H17ClN6O.ClH/c16-13-3-1-12(2-4-13)15-19-21-22(20-15)10-14(23)18-9-11-5-7-17-8-6-11;/h1-5,17H,6-10H2,(H,18,23);1H. The molecule has 2 aromatic rings. The molecule has 0 bridgehead atoms. The molecule has 0 fully saturated rings. The van der Waals surface area contributed by atoms with E-state index in [0.717, 1.165) is 25.1 Å². The molecule has 2 heterocycles. The van der Waals surface area contributed by atoms with Crippen molar-refractivity contribution >= 4 is 29.9 Å². The highest BCUT2D eigenvalue weighted by Crippen LogP contribution is 2.16. The number of rotatable bonds is 5. The van der Waals surface area contributed by atoms with Gasteiger partial charge in [-0.25, -0.2) is 0 Å². The van der Waals surface area contributed by atoms with E-state index in [1.165, 1.54) is 10.4 Å². The van der Waals surface area contributed by atoms with Crippen LogP contribution in [0.5, 0.6) is 0 Å². The topological polar surface area (TPSA) is 84.7 Å². The number of halogens is 2. The van der Waals surface area contributed by atoms with Crippen molar-refractivity contribution in [1.82, 2.24) is 30.8 Å². The molecule has 0 saturated carbocycles. The smallest absolute Gasteiger partial charge is 0.243 e. The minimum absolute atomic E-state index is 0. The van der Waals surface area contributed by atoms with Crippen molar-refractivity contribution in [3.63, 3.8) is 0 Å². The third kappa shape index (κ3) is 5.02. The summed E-state index contributed by atoms with van der Waals surface area (Å²) in [6.07, 6.45) is 3.07. The second-order valence-corrected chi connectivity index (χ2v) is 5.68. The number of hydrogen-bond acceptors (Lipinski definition) is 5. The monoisotopic (exact) mass is 368 g/mol. The Hall–Kier alpha value is -1.96. The first-order valence-corrected chi connectivity index (χ1v) is 7.77. The van der Waals surface area contributed by atoms with Gasteiger partial charge in [-0.05, 0) is 42.4 Å². The van der Waals surface area contributed by atoms with Crippen molar-refractivity contribution < 1.29 is 4.79 Å². The number of hydrogen-bond donors (Lipinski definition) is 2. The van der Waals surface area contributed by atoms with Gasteiger partial charge in [-0.1, -0.05) is 23.3 Å². The van der Waals surface area contributed by atoms with Crippen LogP contribution in [0.3, 0.4) is 0 Å². The van der Waals surface area contributed by atoms with E-state index in [9.17, 15) is 4.79 Å². The molecule has 1 aromatic carbocycles. The fraction of sp³-hybridized carbons (Fsp3) is 0.333. The van der Waals surface area contributed by atoms with E-state index in [0.29, 0.717) is 17.4 Å². The molecule has 24 heavy (non-hydrogen) atoms. The van der Waals surface area contributed by atoms with Gasteiger partial charge in [0.05, 0.1) is 0 Å². The predicted octanol–water partition coefficient (Wildman–Crippen LogP) is 1.45. The van der Waals surface area contributed by atoms with Gasteiger partial charge >= 0.3 is 0 Å². The van der Waals surface area contributed by atoms with Crippen molar-refractivity contribution in [2.24, 2.45) is 0 Å². The normalized spacial score (nSPS) is 13.8. The maximum atomic E-state index is 11.9. The molecular weight excluding hydrogens is 351 g/mol. The summed E-state index contributed by atoms with van der Waals surface area (Å²) in [5.74, 6) is 0.333. The summed E-state index contributed by atoms with van der Waals surface area (Å²) in [4.78, 5) is 13.2. The lowest BCUT2D eigenvalue weighted by Crippen LogP contribution is -2.32. The zero-order chi connectivity index (χ0) is 16.1. The van der Waals surface area contributed by atoms with Crippen LogP contribution in [0.1, 0.15) is 6.42 Å². The van der Waals surface area contributed by atoms with Gasteiger partial charge in [0.1, 0.15) is 6.54 Å². The average molecular weight is 369 g/mol. The van der Waals surface area contributed by atoms with Crippen molar-refractivity contribution in [2.45, 2.75) is 13.0 Å². The Morgan fingerprint density at radius 1 is 1.33 bits per heavy atom. The quantitative estimate of drug-likeness (QED) is 0.780. The second kappa shape index (κ2) is 8.77. The number of aromatic nitrogens is 4. The minimum atomic E-state index is -0.135. The maximum Gasteiger partial charge on any atom is 0.243 e. The Kier molecular flexibility index (Phi) is 6.72. The van der Waals surface area contributed by atoms with Crippen LogP contribution in [0.2, 0.25) is 5.02 Å². The van der Waals surface area contributed by atoms with Crippen molar-refractivity contribution in [3.8, 4) is 11.4 Å². The molecule has 3 rings (SSSR count). The summed E-state index contributed by atoms with van der Waals surface area (Å²) >= 11 is 5.85. The summed E-state index contributed by atoms with van der Waals surface area (Å²) in [6, 6.07) is 7.15. The molecule has 0 atom stereocenters. The summed E-state index contributed by atoms with van der Waals surface area (Å²) in [5, 5.41) is 18.8. The van der Waals surface area contributed by atoms with Gasteiger partial charge in [-0.15, -0.1) is 22.6 Å². The molecule has 2 N–H and O–H groups in total. The second-order valence-electron chi connectivity index (χ2n) is 5.24. The Balaban J connectivity index is 0.00000208. The molecule has 1 aromatic heterocycles. The number of carbonyl (C=O) groups excluding carboxylic acids is 1. The average Bonchev–Trinajstić information content (AvgIpc) is 3.03. The lowest BCUT2D eigenvalue weighted by Gasteiger charge is -2.14. The first-order valence-electron chi connectivity index (χ1n) is 7.40. The van der Waals surface area contributed by atoms with Crippen LogP contribution < -0.4 is 10.6 Å². The van der Waals surface area contributed by atoms with Gasteiger partial charge in [0.15, 0.2) is 0 Å². The van der Waals surface area contributed by atoms with Gasteiger partial charge in [0.2, 0.25) is 11.7 Å². The van der Waals surface area contributed by atoms with Crippen LogP contribution in [0.15, 0.2) is 35.9 Å². The van der Waals surface area contributed by atoms with Crippen LogP contribution in [0, 0.1) is 0 Å². The number of nitrogens with one attached hydrogen (secondary N) is 2. The lowest BCUT2D eigenvalue weighted by atomic mass is 10.1. The first-order chi connectivity index (χ1) is 11.2. The summed E-state index contributed by atoms with van der Waals surface area (Å²) in [7, 11) is 0. The van der Waals surface area contributed by atoms with Crippen LogP contribution in [-0.2, 0) is 11.3 Å². The van der Waals surface area contributed by atoms with E-state index < -0.39 is 0 Å². The number of nitrogens with zero attached hydrogens (tertiary/aromatic N) is 4. The summed E-state index contributed by atoms with van der Waals surface area (Å²) < 4.78 is 0. The molecule has 1 aliphatic heterocycles. The number of carbonyl (C=O) groups is 1. The lowest BCUT2D eigenvalue weighted by molar-refractivity contribution is -0.121. The third-order valence-electron chi connectivity index (χ3n) is 3.51. The van der Waals surface area contributed by atoms with Gasteiger partial charge in [-0.2, -0.15) is 4.80 Å². The Labute approximate surface area is 150 Å². The van der Waals surface area contributed by atoms with Crippen LogP contribution >= 0.6 is 24.0 Å². The highest BCUT2D eigenvalue weighted by atomic mass is 35.5. The van der Waals surface area contributed by atoms with Gasteiger partial charge in [-0.3, -0.25) is 4.79 Å². The van der Waals surface area contributed by atoms with Crippen molar-refractivity contribution in [1.29, 1.82) is 0 Å². The van der Waals surface area contributed by atoms with Gasteiger partial charge in [0, 0.05) is 23.7 Å². The summed E-state index contributed by atoms with van der Waals surface area (Å²) in [5.41, 5.74) is 2.05. The van der Waals surface area contributed by atoms with Crippen LogP contribution in [-0.4, -0.2) is 45.7 Å². The third-order valence-corrected chi connectivity index (χ3v) is 3.76. The van der Waals surface area contributed by atoms with E-state index >= 15 is 0 Å². The minimum Gasteiger partial charge on any atom is -0.351 e. The van der Waals surface area contributed by atoms with E-state index in [1.807, 2.05) is 12.1 Å². The first kappa shape index (κ1) is 18.4. The fourth-order valence-corrected chi connectivity index (χ4v) is 2.38. The zero-order valence-electron chi connectivity index (χ0n) is 12.9. The molecule has 0 radical (unpaired) electrons. The molecule has 128 valence electrons. The van der Waals surface area contributed by atoms with Crippen LogP contribution in [0.25, 0.3) is 11.4 Å². The maximum absolute atomic E-state index is 11.9. The number of tetrazole rings is 1. The summed E-state index contributed by atoms with van der Waals surface area (Å²) in [6.45, 7) is 2.43. The number of benzene rings is 1. The Morgan fingerprint density at radius 2 is 2.12 bits per heavy atom. The SMILES string of the molecule is Cl.O=C(Cn1nnc(-c2ccc(Cl)cc2)n1)NCC1=CCNCC1. The van der Waals surface area contributed by atoms with E-state index in [1.54, 1.807) is 12.1 Å². The molecule has 1 amide bonds. The highest BCUT2D eigenvalue weighted by molar-refractivity contribution is 6.30. The molecule has 0 spiro atoms. The van der Waals surface area contributed by atoms with E-state index in [2.05, 4.69) is 32.1 Å². The fourth-order valence-electron chi connectivity index (χ4n) is 2.25. The predicted molar refractivity (Wildman–Crippen MR) is 94.1 cm³/mol. The molecule has 0 saturated heterocycles. The molecule has 9 heteroatoms.